The molecule has 1 aromatic carbocycles. The van der Waals surface area contributed by atoms with Crippen LogP contribution in [-0.2, 0) is 23.9 Å². The van der Waals surface area contributed by atoms with Crippen molar-refractivity contribution in [3.8, 4) is 5.75 Å². The summed E-state index contributed by atoms with van der Waals surface area (Å²) in [5, 5.41) is 10.2. The molecule has 5 rings (SSSR count). The van der Waals surface area contributed by atoms with E-state index in [-0.39, 0.29) is 30.2 Å². The second kappa shape index (κ2) is 7.98. The zero-order valence-corrected chi connectivity index (χ0v) is 21.0. The zero-order valence-electron chi connectivity index (χ0n) is 21.0. The van der Waals surface area contributed by atoms with Crippen molar-refractivity contribution in [1.82, 2.24) is 4.90 Å². The fraction of sp³-hybridized carbons (Fsp3) is 0.464. The quantitative estimate of drug-likeness (QED) is 0.471. The fourth-order valence-electron chi connectivity index (χ4n) is 7.09. The van der Waals surface area contributed by atoms with Crippen LogP contribution in [0.1, 0.15) is 50.7 Å². The van der Waals surface area contributed by atoms with E-state index in [1.165, 1.54) is 0 Å². The number of hydrogen-bond acceptors (Lipinski definition) is 7. The van der Waals surface area contributed by atoms with Gasteiger partial charge in [0.1, 0.15) is 5.75 Å². The number of aryl methyl sites for hydroxylation is 1. The Labute approximate surface area is 209 Å². The largest absolute Gasteiger partial charge is 0.508 e. The van der Waals surface area contributed by atoms with Crippen LogP contribution in [0.5, 0.6) is 5.75 Å². The first-order chi connectivity index (χ1) is 16.9. The van der Waals surface area contributed by atoms with E-state index in [0.717, 1.165) is 18.2 Å². The minimum Gasteiger partial charge on any atom is -0.508 e. The van der Waals surface area contributed by atoms with Gasteiger partial charge in [0.05, 0.1) is 24.4 Å². The first-order valence-electron chi connectivity index (χ1n) is 12.2. The molecular weight excluding hydrogens is 462 g/mol. The minimum absolute atomic E-state index is 0.105. The Bertz CT molecular complexity index is 1320. The number of benzene rings is 1. The lowest BCUT2D eigenvalue weighted by Crippen LogP contribution is -2.55. The van der Waals surface area contributed by atoms with Gasteiger partial charge in [0.15, 0.2) is 11.6 Å². The van der Waals surface area contributed by atoms with Crippen LogP contribution in [0.3, 0.4) is 0 Å². The van der Waals surface area contributed by atoms with Crippen LogP contribution in [0.15, 0.2) is 41.0 Å². The van der Waals surface area contributed by atoms with Crippen molar-refractivity contribution in [2.24, 2.45) is 29.1 Å². The van der Waals surface area contributed by atoms with Gasteiger partial charge >= 0.3 is 6.09 Å². The zero-order chi connectivity index (χ0) is 26.3. The van der Waals surface area contributed by atoms with Crippen molar-refractivity contribution in [2.75, 3.05) is 7.11 Å². The van der Waals surface area contributed by atoms with Crippen LogP contribution in [-0.4, -0.2) is 46.6 Å². The summed E-state index contributed by atoms with van der Waals surface area (Å²) in [5.74, 6) is -4.56. The van der Waals surface area contributed by atoms with E-state index in [1.807, 2.05) is 19.1 Å². The van der Waals surface area contributed by atoms with Gasteiger partial charge in [0.25, 0.3) is 0 Å². The number of carbonyl (C=O) groups is 5. The molecule has 1 aliphatic heterocycles. The number of phenols is 1. The number of Topliss-reactive ketones (excluding diaryl/α,β-unsaturated/α-hetero) is 2. The number of fused-ring (bicyclic) bond motifs is 4. The molecule has 0 aromatic heterocycles. The number of phenolic OH excluding ortho intramolecular Hbond substituents is 1. The van der Waals surface area contributed by atoms with Gasteiger partial charge in [-0.3, -0.25) is 19.2 Å². The van der Waals surface area contributed by atoms with Crippen LogP contribution >= 0.6 is 0 Å². The standard InChI is InChI=1S/C28H29NO7/c1-12-10-15(6-9-20(12)30)22-16-7-8-17-21(26(34)29(25(17)33)27(35)36-5)18(16)11-19-23(31)13(2)14(3)24(32)28(19,22)4/h6-7,9-10,17-19,21-22,30H,8,11H2,1-5H3/t17-,18+,19-,21-,22-,28+/m0/s1. The Morgan fingerprint density at radius 3 is 2.39 bits per heavy atom. The van der Waals surface area contributed by atoms with Crippen molar-refractivity contribution < 1.29 is 33.8 Å². The smallest absolute Gasteiger partial charge is 0.423 e. The van der Waals surface area contributed by atoms with E-state index in [9.17, 15) is 29.1 Å². The second-order valence-electron chi connectivity index (χ2n) is 10.7. The number of methoxy groups -OCH3 is 1. The summed E-state index contributed by atoms with van der Waals surface area (Å²) in [4.78, 5) is 66.9. The van der Waals surface area contributed by atoms with Crippen molar-refractivity contribution in [1.29, 1.82) is 0 Å². The third-order valence-corrected chi connectivity index (χ3v) is 9.08. The first-order valence-corrected chi connectivity index (χ1v) is 12.2. The van der Waals surface area contributed by atoms with Crippen LogP contribution in [0.2, 0.25) is 0 Å². The van der Waals surface area contributed by atoms with E-state index in [0.29, 0.717) is 21.6 Å². The van der Waals surface area contributed by atoms with Crippen molar-refractivity contribution in [3.63, 3.8) is 0 Å². The molecule has 8 nitrogen and oxygen atoms in total. The minimum atomic E-state index is -1.09. The molecule has 4 aliphatic rings. The van der Waals surface area contributed by atoms with E-state index >= 15 is 0 Å². The SMILES string of the molecule is COC(=O)N1C(=O)[C@H]2[C@H](CC=C3[C@H]2C[C@H]2C(=O)C(C)=C(C)C(=O)[C@@]2(C)[C@H]3c2ccc(O)c(C)c2)C1=O. The molecule has 0 radical (unpaired) electrons. The predicted octanol–water partition coefficient (Wildman–Crippen LogP) is 3.61. The van der Waals surface area contributed by atoms with Crippen LogP contribution in [0.25, 0.3) is 0 Å². The fourth-order valence-corrected chi connectivity index (χ4v) is 7.09. The van der Waals surface area contributed by atoms with Crippen molar-refractivity contribution >= 4 is 29.5 Å². The molecular formula is C28H29NO7. The van der Waals surface area contributed by atoms with E-state index in [2.05, 4.69) is 0 Å². The van der Waals surface area contributed by atoms with E-state index < -0.39 is 52.9 Å². The summed E-state index contributed by atoms with van der Waals surface area (Å²) in [6.45, 7) is 6.93. The highest BCUT2D eigenvalue weighted by Crippen LogP contribution is 2.63. The molecule has 6 atom stereocenters. The number of ketones is 2. The van der Waals surface area contributed by atoms with Crippen LogP contribution < -0.4 is 0 Å². The average Bonchev–Trinajstić information content (AvgIpc) is 3.12. The highest BCUT2D eigenvalue weighted by atomic mass is 16.5. The Kier molecular flexibility index (Phi) is 5.36. The lowest BCUT2D eigenvalue weighted by Gasteiger charge is -2.54. The lowest BCUT2D eigenvalue weighted by atomic mass is 9.46. The Morgan fingerprint density at radius 1 is 1.06 bits per heavy atom. The molecule has 0 spiro atoms. The highest BCUT2D eigenvalue weighted by molar-refractivity contribution is 6.17. The third-order valence-electron chi connectivity index (χ3n) is 9.08. The normalized spacial score (nSPS) is 33.8. The third kappa shape index (κ3) is 2.96. The van der Waals surface area contributed by atoms with E-state index in [4.69, 9.17) is 4.74 Å². The molecule has 2 fully saturated rings. The first kappa shape index (κ1) is 24.2. The average molecular weight is 492 g/mol. The van der Waals surface area contributed by atoms with Gasteiger partial charge in [0, 0.05) is 11.8 Å². The molecule has 1 saturated heterocycles. The van der Waals surface area contributed by atoms with Crippen LogP contribution in [0.4, 0.5) is 4.79 Å². The molecule has 3 amide bonds. The Hall–Kier alpha value is -3.55. The number of rotatable bonds is 1. The molecule has 1 aromatic rings. The van der Waals surface area contributed by atoms with Gasteiger partial charge in [-0.25, -0.2) is 4.79 Å². The van der Waals surface area contributed by atoms with Crippen molar-refractivity contribution in [3.05, 3.63) is 52.1 Å². The maximum absolute atomic E-state index is 13.9. The van der Waals surface area contributed by atoms with Gasteiger partial charge in [-0.05, 0) is 67.9 Å². The number of nitrogens with zero attached hydrogens (tertiary/aromatic N) is 1. The molecule has 1 N–H and O–H groups in total. The van der Waals surface area contributed by atoms with Gasteiger partial charge in [-0.1, -0.05) is 30.7 Å². The maximum atomic E-state index is 13.9. The number of hydrogen-bond donors (Lipinski definition) is 1. The Balaban J connectivity index is 1.71. The number of likely N-dealkylation sites (tertiary alicyclic amines) is 1. The summed E-state index contributed by atoms with van der Waals surface area (Å²) >= 11 is 0. The molecule has 36 heavy (non-hydrogen) atoms. The van der Waals surface area contributed by atoms with Gasteiger partial charge in [0.2, 0.25) is 11.8 Å². The highest BCUT2D eigenvalue weighted by Gasteiger charge is 2.64. The number of aromatic hydroxyl groups is 1. The monoisotopic (exact) mass is 491 g/mol. The molecule has 0 unspecified atom stereocenters. The van der Waals surface area contributed by atoms with Crippen LogP contribution in [0, 0.1) is 36.0 Å². The lowest BCUT2D eigenvalue weighted by molar-refractivity contribution is -0.142. The van der Waals surface area contributed by atoms with Gasteiger partial charge in [-0.15, -0.1) is 0 Å². The summed E-state index contributed by atoms with van der Waals surface area (Å²) in [6, 6.07) is 5.15. The van der Waals surface area contributed by atoms with Gasteiger partial charge in [-0.2, -0.15) is 4.90 Å². The molecule has 188 valence electrons. The summed E-state index contributed by atoms with van der Waals surface area (Å²) in [5.41, 5.74) is 2.01. The summed E-state index contributed by atoms with van der Waals surface area (Å²) in [7, 11) is 1.12. The maximum Gasteiger partial charge on any atom is 0.423 e. The number of carbonyl (C=O) groups excluding carboxylic acids is 5. The second-order valence-corrected chi connectivity index (χ2v) is 10.7. The molecule has 1 heterocycles. The molecule has 3 aliphatic carbocycles. The summed E-state index contributed by atoms with van der Waals surface area (Å²) in [6.07, 6.45) is 1.40. The molecule has 0 bridgehead atoms. The number of allylic oxidation sites excluding steroid dienone is 4. The number of amides is 3. The summed E-state index contributed by atoms with van der Waals surface area (Å²) < 4.78 is 4.69. The molecule has 1 saturated carbocycles. The van der Waals surface area contributed by atoms with Gasteiger partial charge < -0.3 is 9.84 Å². The predicted molar refractivity (Wildman–Crippen MR) is 128 cm³/mol. The molecule has 8 heteroatoms. The number of imide groups is 3. The Morgan fingerprint density at radius 2 is 1.75 bits per heavy atom. The topological polar surface area (TPSA) is 118 Å². The van der Waals surface area contributed by atoms with E-state index in [1.54, 1.807) is 32.9 Å². The van der Waals surface area contributed by atoms with Crippen molar-refractivity contribution in [2.45, 2.75) is 46.5 Å². The number of ether oxygens (including phenoxy) is 1.